The molecule has 2 fully saturated rings. The van der Waals surface area contributed by atoms with E-state index in [9.17, 15) is 19.2 Å². The molecule has 0 aromatic heterocycles. The number of hydrogen-bond donors (Lipinski definition) is 1. The number of esters is 1. The Morgan fingerprint density at radius 1 is 1.13 bits per heavy atom. The van der Waals surface area contributed by atoms with Crippen LogP contribution in [-0.4, -0.2) is 59.9 Å². The zero-order chi connectivity index (χ0) is 22.1. The maximum Gasteiger partial charge on any atom is 0.326 e. The molecule has 0 saturated carbocycles. The van der Waals surface area contributed by atoms with Gasteiger partial charge in [0.2, 0.25) is 0 Å². The normalized spacial score (nSPS) is 26.5. The summed E-state index contributed by atoms with van der Waals surface area (Å²) in [4.78, 5) is 52.3. The van der Waals surface area contributed by atoms with Gasteiger partial charge in [0, 0.05) is 13.1 Å². The lowest BCUT2D eigenvalue weighted by Crippen LogP contribution is -2.45. The second-order valence-electron chi connectivity index (χ2n) is 8.72. The maximum atomic E-state index is 12.9. The topological polar surface area (TPSA) is 96.0 Å². The van der Waals surface area contributed by atoms with E-state index in [0.29, 0.717) is 30.5 Å². The number of imide groups is 1. The average molecular weight is 415 g/mol. The lowest BCUT2D eigenvalue weighted by molar-refractivity contribution is -0.154. The fourth-order valence-corrected chi connectivity index (χ4v) is 4.20. The van der Waals surface area contributed by atoms with Crippen LogP contribution in [0.15, 0.2) is 24.3 Å². The SMILES string of the molecule is Cc1ccc([C@@]2(C)NC(=O)N(CC(=O)OCC(=O)N3C[C@H](C)C[C@H](C)C3)C2=O)cc1. The quantitative estimate of drug-likeness (QED) is 0.585. The Balaban J connectivity index is 1.57. The highest BCUT2D eigenvalue weighted by Gasteiger charge is 2.49. The third-order valence-corrected chi connectivity index (χ3v) is 5.77. The van der Waals surface area contributed by atoms with Crippen molar-refractivity contribution in [3.8, 4) is 0 Å². The predicted octanol–water partition coefficient (Wildman–Crippen LogP) is 1.81. The molecule has 1 aromatic carbocycles. The first-order chi connectivity index (χ1) is 14.1. The summed E-state index contributed by atoms with van der Waals surface area (Å²) in [6.45, 7) is 8.06. The molecule has 3 atom stereocenters. The van der Waals surface area contributed by atoms with Crippen molar-refractivity contribution in [3.63, 3.8) is 0 Å². The third-order valence-electron chi connectivity index (χ3n) is 5.77. The van der Waals surface area contributed by atoms with E-state index in [0.717, 1.165) is 16.9 Å². The van der Waals surface area contributed by atoms with Crippen LogP contribution in [0.1, 0.15) is 38.3 Å². The molecule has 162 valence electrons. The zero-order valence-corrected chi connectivity index (χ0v) is 17.9. The van der Waals surface area contributed by atoms with E-state index in [1.807, 2.05) is 19.1 Å². The van der Waals surface area contributed by atoms with E-state index in [1.165, 1.54) is 0 Å². The monoisotopic (exact) mass is 415 g/mol. The maximum absolute atomic E-state index is 12.9. The number of aryl methyl sites for hydroxylation is 1. The van der Waals surface area contributed by atoms with Crippen molar-refractivity contribution in [1.29, 1.82) is 0 Å². The molecular weight excluding hydrogens is 386 g/mol. The molecule has 0 spiro atoms. The van der Waals surface area contributed by atoms with Crippen molar-refractivity contribution < 1.29 is 23.9 Å². The van der Waals surface area contributed by atoms with Gasteiger partial charge in [-0.2, -0.15) is 0 Å². The number of ether oxygens (including phenoxy) is 1. The molecule has 3 rings (SSSR count). The molecule has 8 nitrogen and oxygen atoms in total. The molecule has 30 heavy (non-hydrogen) atoms. The summed E-state index contributed by atoms with van der Waals surface area (Å²) in [5, 5.41) is 2.65. The highest BCUT2D eigenvalue weighted by molar-refractivity contribution is 6.08. The summed E-state index contributed by atoms with van der Waals surface area (Å²) in [6.07, 6.45) is 1.06. The number of benzene rings is 1. The van der Waals surface area contributed by atoms with Crippen molar-refractivity contribution in [2.75, 3.05) is 26.2 Å². The smallest absolute Gasteiger partial charge is 0.326 e. The van der Waals surface area contributed by atoms with Gasteiger partial charge in [-0.25, -0.2) is 4.79 Å². The van der Waals surface area contributed by atoms with Crippen LogP contribution in [0.5, 0.6) is 0 Å². The van der Waals surface area contributed by atoms with Crippen LogP contribution in [-0.2, 0) is 24.7 Å². The van der Waals surface area contributed by atoms with Crippen molar-refractivity contribution in [1.82, 2.24) is 15.1 Å². The molecule has 2 heterocycles. The second kappa shape index (κ2) is 8.45. The van der Waals surface area contributed by atoms with Crippen molar-refractivity contribution in [2.24, 2.45) is 11.8 Å². The van der Waals surface area contributed by atoms with Crippen LogP contribution in [0.2, 0.25) is 0 Å². The van der Waals surface area contributed by atoms with Gasteiger partial charge in [-0.15, -0.1) is 0 Å². The van der Waals surface area contributed by atoms with E-state index in [1.54, 1.807) is 24.0 Å². The van der Waals surface area contributed by atoms with Gasteiger partial charge in [-0.1, -0.05) is 43.7 Å². The standard InChI is InChI=1S/C22H29N3O5/c1-14-5-7-17(8-6-14)22(4)20(28)25(21(29)23-22)12-19(27)30-13-18(26)24-10-15(2)9-16(3)11-24/h5-8,15-16H,9-13H2,1-4H3,(H,23,29)/t15-,16+,22-/m1/s1. The van der Waals surface area contributed by atoms with Gasteiger partial charge in [0.15, 0.2) is 6.61 Å². The fourth-order valence-electron chi connectivity index (χ4n) is 4.20. The molecule has 2 saturated heterocycles. The van der Waals surface area contributed by atoms with E-state index in [-0.39, 0.29) is 5.91 Å². The number of nitrogens with zero attached hydrogens (tertiary/aromatic N) is 2. The third kappa shape index (κ3) is 4.47. The molecule has 1 N–H and O–H groups in total. The number of rotatable bonds is 5. The van der Waals surface area contributed by atoms with Gasteiger partial charge in [-0.3, -0.25) is 19.3 Å². The molecular formula is C22H29N3O5. The Labute approximate surface area is 176 Å². The van der Waals surface area contributed by atoms with Crippen LogP contribution < -0.4 is 5.32 Å². The molecule has 1 aromatic rings. The minimum absolute atomic E-state index is 0.261. The van der Waals surface area contributed by atoms with E-state index >= 15 is 0 Å². The number of carbonyl (C=O) groups excluding carboxylic acids is 4. The predicted molar refractivity (Wildman–Crippen MR) is 109 cm³/mol. The van der Waals surface area contributed by atoms with Gasteiger partial charge < -0.3 is 15.0 Å². The molecule has 0 aliphatic carbocycles. The molecule has 0 bridgehead atoms. The minimum atomic E-state index is -1.25. The largest absolute Gasteiger partial charge is 0.454 e. The Kier molecular flexibility index (Phi) is 6.14. The van der Waals surface area contributed by atoms with Crippen molar-refractivity contribution in [3.05, 3.63) is 35.4 Å². The number of piperidine rings is 1. The van der Waals surface area contributed by atoms with Gasteiger partial charge >= 0.3 is 12.0 Å². The van der Waals surface area contributed by atoms with Gasteiger partial charge in [-0.05, 0) is 37.7 Å². The summed E-state index contributed by atoms with van der Waals surface area (Å²) < 4.78 is 5.07. The van der Waals surface area contributed by atoms with Crippen LogP contribution in [0.4, 0.5) is 4.79 Å². The molecule has 0 radical (unpaired) electrons. The van der Waals surface area contributed by atoms with Crippen LogP contribution in [0.3, 0.4) is 0 Å². The second-order valence-corrected chi connectivity index (χ2v) is 8.72. The van der Waals surface area contributed by atoms with Crippen molar-refractivity contribution in [2.45, 2.75) is 39.7 Å². The summed E-state index contributed by atoms with van der Waals surface area (Å²) in [6, 6.07) is 6.59. The molecule has 4 amide bonds. The van der Waals surface area contributed by atoms with Crippen LogP contribution in [0, 0.1) is 18.8 Å². The van der Waals surface area contributed by atoms with Crippen molar-refractivity contribution >= 4 is 23.8 Å². The molecule has 0 unspecified atom stereocenters. The lowest BCUT2D eigenvalue weighted by Gasteiger charge is -2.34. The van der Waals surface area contributed by atoms with E-state index in [2.05, 4.69) is 19.2 Å². The first-order valence-electron chi connectivity index (χ1n) is 10.2. The number of likely N-dealkylation sites (tertiary alicyclic amines) is 1. The van der Waals surface area contributed by atoms with Crippen LogP contribution >= 0.6 is 0 Å². The number of hydrogen-bond acceptors (Lipinski definition) is 5. The number of nitrogens with one attached hydrogen (secondary N) is 1. The summed E-state index contributed by atoms with van der Waals surface area (Å²) >= 11 is 0. The highest BCUT2D eigenvalue weighted by atomic mass is 16.5. The molecule has 8 heteroatoms. The number of urea groups is 1. The summed E-state index contributed by atoms with van der Waals surface area (Å²) in [7, 11) is 0. The Morgan fingerprint density at radius 3 is 2.33 bits per heavy atom. The Bertz CT molecular complexity index is 843. The summed E-state index contributed by atoms with van der Waals surface area (Å²) in [5.74, 6) is -0.780. The fraction of sp³-hybridized carbons (Fsp3) is 0.545. The van der Waals surface area contributed by atoms with Gasteiger partial charge in [0.05, 0.1) is 0 Å². The van der Waals surface area contributed by atoms with Crippen LogP contribution in [0.25, 0.3) is 0 Å². The summed E-state index contributed by atoms with van der Waals surface area (Å²) in [5.41, 5.74) is 0.411. The minimum Gasteiger partial charge on any atom is -0.454 e. The van der Waals surface area contributed by atoms with Gasteiger partial charge in [0.1, 0.15) is 12.1 Å². The molecule has 2 aliphatic heterocycles. The van der Waals surface area contributed by atoms with Gasteiger partial charge in [0.25, 0.3) is 11.8 Å². The Morgan fingerprint density at radius 2 is 1.73 bits per heavy atom. The molecule has 2 aliphatic rings. The first-order valence-corrected chi connectivity index (χ1v) is 10.2. The average Bonchev–Trinajstić information content (AvgIpc) is 2.89. The zero-order valence-electron chi connectivity index (χ0n) is 17.9. The van der Waals surface area contributed by atoms with E-state index < -0.39 is 36.6 Å². The number of amides is 4. The number of carbonyl (C=O) groups is 4. The highest BCUT2D eigenvalue weighted by Crippen LogP contribution is 2.29. The lowest BCUT2D eigenvalue weighted by atomic mass is 9.91. The van der Waals surface area contributed by atoms with E-state index in [4.69, 9.17) is 4.74 Å². The Hall–Kier alpha value is -2.90. The first kappa shape index (κ1) is 21.8.